The molecule has 0 radical (unpaired) electrons. The van der Waals surface area contributed by atoms with Crippen LogP contribution in [0.25, 0.3) is 0 Å². The molecule has 0 aliphatic heterocycles. The summed E-state index contributed by atoms with van der Waals surface area (Å²) in [4.78, 5) is 0. The fourth-order valence-corrected chi connectivity index (χ4v) is 2.30. The smallest absolute Gasteiger partial charge is 0.242 e. The zero-order valence-corrected chi connectivity index (χ0v) is 15.7. The Hall–Kier alpha value is -0.314. The molecule has 0 heterocycles. The van der Waals surface area contributed by atoms with E-state index in [1.807, 2.05) is 0 Å². The minimum atomic E-state index is 0. The third-order valence-electron chi connectivity index (χ3n) is 3.35. The summed E-state index contributed by atoms with van der Waals surface area (Å²) in [5.74, 6) is 0.528. The van der Waals surface area contributed by atoms with Gasteiger partial charge in [-0.2, -0.15) is 0 Å². The average molecular weight is 288 g/mol. The minimum absolute atomic E-state index is 0. The molecule has 2 aromatic rings. The average Bonchev–Trinajstić information content (AvgIpc) is 2.45. The molecule has 0 fully saturated rings. The molecular formula is C19H21K. The number of rotatable bonds is 6. The molecule has 98 valence electrons. The monoisotopic (exact) mass is 288 g/mol. The third-order valence-corrected chi connectivity index (χ3v) is 3.35. The molecule has 2 aromatic carbocycles. The van der Waals surface area contributed by atoms with Gasteiger partial charge in [0.05, 0.1) is 0 Å². The van der Waals surface area contributed by atoms with E-state index in [1.165, 1.54) is 11.1 Å². The Labute approximate surface area is 165 Å². The molecular weight excluding hydrogens is 267 g/mol. The topological polar surface area (TPSA) is 0 Å². The van der Waals surface area contributed by atoms with Crippen LogP contribution in [0.2, 0.25) is 0 Å². The van der Waals surface area contributed by atoms with Crippen molar-refractivity contribution in [1.29, 1.82) is 0 Å². The van der Waals surface area contributed by atoms with Crippen LogP contribution in [0.15, 0.2) is 72.8 Å². The molecule has 1 unspecified atom stereocenters. The van der Waals surface area contributed by atoms with Crippen molar-refractivity contribution in [2.45, 2.75) is 25.7 Å². The fraction of sp³-hybridized carbons (Fsp3) is 0.211. The molecule has 0 spiro atoms. The molecule has 1 heteroatoms. The van der Waals surface area contributed by atoms with Gasteiger partial charge in [0.2, 0.25) is 0 Å². The number of allylic oxidation sites excluding steroid dienone is 1. The fourth-order valence-electron chi connectivity index (χ4n) is 2.30. The van der Waals surface area contributed by atoms with Gasteiger partial charge in [-0.3, -0.25) is 0 Å². The Bertz CT molecular complexity index is 502. The largest absolute Gasteiger partial charge is 1.00 e. The maximum atomic E-state index is 3.97. The standard InChI is InChI=1S/C19H21.K/c1-16(2)13-14-19(18-11-7-4-8-12-18)15-17-9-5-3-6-10-17;/h3-13,19H,1,14-15H2,2H3;/q-1;+1. The van der Waals surface area contributed by atoms with Crippen molar-refractivity contribution in [3.8, 4) is 0 Å². The van der Waals surface area contributed by atoms with E-state index in [4.69, 9.17) is 0 Å². The first-order chi connectivity index (χ1) is 9.25. The molecule has 0 bridgehead atoms. The zero-order chi connectivity index (χ0) is 13.5. The summed E-state index contributed by atoms with van der Waals surface area (Å²) in [6, 6.07) is 21.5. The van der Waals surface area contributed by atoms with E-state index < -0.39 is 0 Å². The minimum Gasteiger partial charge on any atom is -0.242 e. The molecule has 0 amide bonds. The molecule has 2 rings (SSSR count). The predicted octanol–water partition coefficient (Wildman–Crippen LogP) is 2.19. The Kier molecular flexibility index (Phi) is 8.51. The van der Waals surface area contributed by atoms with E-state index in [-0.39, 0.29) is 51.4 Å². The van der Waals surface area contributed by atoms with Gasteiger partial charge in [-0.05, 0) is 23.5 Å². The van der Waals surface area contributed by atoms with E-state index in [2.05, 4.69) is 80.6 Å². The summed E-state index contributed by atoms with van der Waals surface area (Å²) in [6.07, 6.45) is 4.36. The van der Waals surface area contributed by atoms with Gasteiger partial charge in [0, 0.05) is 0 Å². The Morgan fingerprint density at radius 3 is 2.10 bits per heavy atom. The second-order valence-electron chi connectivity index (χ2n) is 5.08. The van der Waals surface area contributed by atoms with Gasteiger partial charge in [-0.15, -0.1) is 0 Å². The van der Waals surface area contributed by atoms with Crippen LogP contribution in [0.5, 0.6) is 0 Å². The van der Waals surface area contributed by atoms with Gasteiger partial charge in [0.25, 0.3) is 0 Å². The van der Waals surface area contributed by atoms with E-state index >= 15 is 0 Å². The van der Waals surface area contributed by atoms with Crippen LogP contribution in [0, 0.1) is 6.42 Å². The SMILES string of the molecule is C=C(C)[CH-]CC(Cc1ccccc1)c1ccccc1.[K+]. The van der Waals surface area contributed by atoms with Gasteiger partial charge >= 0.3 is 51.4 Å². The van der Waals surface area contributed by atoms with E-state index in [0.29, 0.717) is 5.92 Å². The van der Waals surface area contributed by atoms with E-state index in [1.54, 1.807) is 0 Å². The molecule has 0 aliphatic carbocycles. The maximum absolute atomic E-state index is 3.97. The van der Waals surface area contributed by atoms with Crippen molar-refractivity contribution in [1.82, 2.24) is 0 Å². The molecule has 0 N–H and O–H groups in total. The summed E-state index contributed by atoms with van der Waals surface area (Å²) in [7, 11) is 0. The predicted molar refractivity (Wildman–Crippen MR) is 83.1 cm³/mol. The quantitative estimate of drug-likeness (QED) is 0.565. The first kappa shape index (κ1) is 17.7. The van der Waals surface area contributed by atoms with Gasteiger partial charge < -0.3 is 0 Å². The molecule has 0 saturated carbocycles. The second kappa shape index (κ2) is 9.59. The molecule has 20 heavy (non-hydrogen) atoms. The van der Waals surface area contributed by atoms with E-state index in [9.17, 15) is 0 Å². The van der Waals surface area contributed by atoms with Crippen molar-refractivity contribution in [3.05, 3.63) is 90.4 Å². The molecule has 0 aliphatic rings. The summed E-state index contributed by atoms with van der Waals surface area (Å²) < 4.78 is 0. The number of hydrogen-bond donors (Lipinski definition) is 0. The van der Waals surface area contributed by atoms with Crippen molar-refractivity contribution in [3.63, 3.8) is 0 Å². The van der Waals surface area contributed by atoms with Gasteiger partial charge in [-0.1, -0.05) is 74.0 Å². The Morgan fingerprint density at radius 2 is 1.55 bits per heavy atom. The summed E-state index contributed by atoms with van der Waals surface area (Å²) in [6.45, 7) is 6.03. The summed E-state index contributed by atoms with van der Waals surface area (Å²) in [5, 5.41) is 0. The van der Waals surface area contributed by atoms with Crippen LogP contribution >= 0.6 is 0 Å². The number of benzene rings is 2. The van der Waals surface area contributed by atoms with Crippen molar-refractivity contribution < 1.29 is 51.4 Å². The third kappa shape index (κ3) is 5.98. The van der Waals surface area contributed by atoms with Crippen LogP contribution < -0.4 is 51.4 Å². The van der Waals surface area contributed by atoms with Gasteiger partial charge in [0.1, 0.15) is 0 Å². The molecule has 0 saturated heterocycles. The van der Waals surface area contributed by atoms with Crippen molar-refractivity contribution in [2.75, 3.05) is 0 Å². The van der Waals surface area contributed by atoms with Crippen LogP contribution in [0.4, 0.5) is 0 Å². The van der Waals surface area contributed by atoms with Crippen LogP contribution in [-0.2, 0) is 6.42 Å². The first-order valence-electron chi connectivity index (χ1n) is 6.83. The molecule has 0 aromatic heterocycles. The van der Waals surface area contributed by atoms with Crippen LogP contribution in [-0.4, -0.2) is 0 Å². The summed E-state index contributed by atoms with van der Waals surface area (Å²) >= 11 is 0. The zero-order valence-electron chi connectivity index (χ0n) is 12.5. The second-order valence-corrected chi connectivity index (χ2v) is 5.08. The molecule has 0 nitrogen and oxygen atoms in total. The first-order valence-corrected chi connectivity index (χ1v) is 6.83. The number of hydrogen-bond acceptors (Lipinski definition) is 0. The normalized spacial score (nSPS) is 11.2. The van der Waals surface area contributed by atoms with Crippen LogP contribution in [0.3, 0.4) is 0 Å². The van der Waals surface area contributed by atoms with Gasteiger partial charge in [0.15, 0.2) is 0 Å². The van der Waals surface area contributed by atoms with Crippen molar-refractivity contribution >= 4 is 0 Å². The van der Waals surface area contributed by atoms with Crippen molar-refractivity contribution in [2.24, 2.45) is 0 Å². The van der Waals surface area contributed by atoms with Gasteiger partial charge in [-0.25, -0.2) is 18.6 Å². The Balaban J connectivity index is 0.00000200. The van der Waals surface area contributed by atoms with E-state index in [0.717, 1.165) is 18.4 Å². The Morgan fingerprint density at radius 1 is 1.00 bits per heavy atom. The molecule has 1 atom stereocenters. The summed E-state index contributed by atoms with van der Waals surface area (Å²) in [5.41, 5.74) is 3.95. The van der Waals surface area contributed by atoms with Crippen LogP contribution in [0.1, 0.15) is 30.4 Å². The maximum Gasteiger partial charge on any atom is 1.00 e.